The number of halogens is 2. The molecule has 1 aromatic carbocycles. The number of ether oxygens (including phenoxy) is 1. The van der Waals surface area contributed by atoms with Gasteiger partial charge in [0.1, 0.15) is 5.60 Å². The van der Waals surface area contributed by atoms with Crippen LogP contribution in [0.5, 0.6) is 0 Å². The number of nitrogens with zero attached hydrogens (tertiary/aromatic N) is 1. The molecule has 0 spiro atoms. The fourth-order valence-electron chi connectivity index (χ4n) is 2.34. The van der Waals surface area contributed by atoms with Crippen LogP contribution in [0.15, 0.2) is 24.3 Å². The van der Waals surface area contributed by atoms with Crippen LogP contribution in [0.4, 0.5) is 0 Å². The lowest BCUT2D eigenvalue weighted by atomic mass is 10.2. The van der Waals surface area contributed by atoms with Gasteiger partial charge in [0.25, 0.3) is 0 Å². The van der Waals surface area contributed by atoms with Crippen molar-refractivity contribution in [3.8, 4) is 0 Å². The molecule has 1 saturated heterocycles. The molecule has 0 bridgehead atoms. The molecular weight excluding hydrogens is 361 g/mol. The van der Waals surface area contributed by atoms with E-state index in [4.69, 9.17) is 27.9 Å². The summed E-state index contributed by atoms with van der Waals surface area (Å²) in [6.07, 6.45) is 3.59. The van der Waals surface area contributed by atoms with Crippen molar-refractivity contribution in [1.82, 2.24) is 4.90 Å². The summed E-state index contributed by atoms with van der Waals surface area (Å²) in [6.45, 7) is 7.30. The van der Waals surface area contributed by atoms with E-state index in [-0.39, 0.29) is 11.9 Å². The van der Waals surface area contributed by atoms with E-state index in [1.165, 1.54) is 0 Å². The number of likely N-dealkylation sites (tertiary alicyclic amines) is 1. The predicted octanol–water partition coefficient (Wildman–Crippen LogP) is 5.11. The normalized spacial score (nSPS) is 13.9. The lowest BCUT2D eigenvalue weighted by Crippen LogP contribution is -2.28. The fourth-order valence-corrected chi connectivity index (χ4v) is 2.61. The van der Waals surface area contributed by atoms with Crippen LogP contribution in [0, 0.1) is 0 Å². The highest BCUT2D eigenvalue weighted by Gasteiger charge is 2.19. The number of benzene rings is 1. The molecule has 0 radical (unpaired) electrons. The Hall–Kier alpha value is -1.26. The van der Waals surface area contributed by atoms with E-state index in [0.29, 0.717) is 29.3 Å². The molecule has 140 valence electrons. The molecule has 1 aromatic rings. The molecule has 6 heteroatoms. The van der Waals surface area contributed by atoms with Crippen molar-refractivity contribution in [3.63, 3.8) is 0 Å². The van der Waals surface area contributed by atoms with Gasteiger partial charge < -0.3 is 9.64 Å². The van der Waals surface area contributed by atoms with Crippen molar-refractivity contribution in [2.24, 2.45) is 0 Å². The van der Waals surface area contributed by atoms with Crippen LogP contribution in [-0.2, 0) is 14.3 Å². The summed E-state index contributed by atoms with van der Waals surface area (Å²) < 4.78 is 5.18. The van der Waals surface area contributed by atoms with Gasteiger partial charge in [-0.05, 0) is 52.2 Å². The lowest BCUT2D eigenvalue weighted by molar-refractivity contribution is -0.154. The molecule has 0 atom stereocenters. The highest BCUT2D eigenvalue weighted by molar-refractivity contribution is 6.41. The van der Waals surface area contributed by atoms with Gasteiger partial charge in [0.05, 0.1) is 10.0 Å². The predicted molar refractivity (Wildman–Crippen MR) is 102 cm³/mol. The second-order valence-electron chi connectivity index (χ2n) is 6.94. The van der Waals surface area contributed by atoms with Gasteiger partial charge in [0, 0.05) is 25.9 Å². The summed E-state index contributed by atoms with van der Waals surface area (Å²) in [5.74, 6) is -0.0437. The van der Waals surface area contributed by atoms with E-state index in [1.54, 1.807) is 12.1 Å². The van der Waals surface area contributed by atoms with Crippen LogP contribution in [0.25, 0.3) is 0 Å². The number of amides is 1. The van der Waals surface area contributed by atoms with Gasteiger partial charge in [0.15, 0.2) is 0 Å². The van der Waals surface area contributed by atoms with E-state index in [9.17, 15) is 9.59 Å². The first-order valence-electron chi connectivity index (χ1n) is 8.58. The minimum atomic E-state index is -0.434. The summed E-state index contributed by atoms with van der Waals surface area (Å²) in [5.41, 5.74) is -0.434. The smallest absolute Gasteiger partial charge is 0.306 e. The standard InChI is InChI=1S/C13H23NO3.C6H4Cl2/c1-13(2,3)17-12(16)8-6-7-11(15)14-9-4-5-10-14;7-5-3-1-2-4-6(5)8/h4-10H2,1-3H3;1-4H. The Morgan fingerprint density at radius 3 is 2.00 bits per heavy atom. The van der Waals surface area contributed by atoms with Gasteiger partial charge in [-0.3, -0.25) is 9.59 Å². The average molecular weight is 388 g/mol. The van der Waals surface area contributed by atoms with Crippen molar-refractivity contribution in [2.45, 2.75) is 58.5 Å². The summed E-state index contributed by atoms with van der Waals surface area (Å²) in [5, 5.41) is 1.21. The highest BCUT2D eigenvalue weighted by Crippen LogP contribution is 2.19. The Kier molecular flexibility index (Phi) is 9.30. The highest BCUT2D eigenvalue weighted by atomic mass is 35.5. The molecule has 1 fully saturated rings. The molecule has 1 aliphatic rings. The molecule has 1 aliphatic heterocycles. The van der Waals surface area contributed by atoms with Crippen LogP contribution >= 0.6 is 23.2 Å². The Balaban J connectivity index is 0.000000324. The average Bonchev–Trinajstić information content (AvgIpc) is 3.03. The van der Waals surface area contributed by atoms with E-state index >= 15 is 0 Å². The molecule has 4 nitrogen and oxygen atoms in total. The molecule has 2 rings (SSSR count). The van der Waals surface area contributed by atoms with Gasteiger partial charge >= 0.3 is 5.97 Å². The monoisotopic (exact) mass is 387 g/mol. The third-order valence-electron chi connectivity index (χ3n) is 3.47. The summed E-state index contributed by atoms with van der Waals surface area (Å²) >= 11 is 11.2. The third kappa shape index (κ3) is 9.71. The summed E-state index contributed by atoms with van der Waals surface area (Å²) in [6, 6.07) is 7.19. The number of rotatable bonds is 4. The van der Waals surface area contributed by atoms with Crippen molar-refractivity contribution >= 4 is 35.1 Å². The van der Waals surface area contributed by atoms with Crippen LogP contribution in [-0.4, -0.2) is 35.5 Å². The maximum atomic E-state index is 11.7. The van der Waals surface area contributed by atoms with E-state index in [2.05, 4.69) is 0 Å². The topological polar surface area (TPSA) is 46.6 Å². The SMILES string of the molecule is CC(C)(C)OC(=O)CCCC(=O)N1CCCC1.Clc1ccccc1Cl. The molecule has 0 aromatic heterocycles. The van der Waals surface area contributed by atoms with Crippen LogP contribution in [0.2, 0.25) is 10.0 Å². The Morgan fingerprint density at radius 1 is 1.04 bits per heavy atom. The number of hydrogen-bond acceptors (Lipinski definition) is 3. The molecule has 25 heavy (non-hydrogen) atoms. The minimum absolute atomic E-state index is 0.172. The summed E-state index contributed by atoms with van der Waals surface area (Å²) in [4.78, 5) is 25.0. The molecular formula is C19H27Cl2NO3. The molecule has 1 heterocycles. The van der Waals surface area contributed by atoms with Crippen LogP contribution in [0.1, 0.15) is 52.9 Å². The molecule has 0 saturated carbocycles. The summed E-state index contributed by atoms with van der Waals surface area (Å²) in [7, 11) is 0. The first-order valence-corrected chi connectivity index (χ1v) is 9.34. The second kappa shape index (κ2) is 10.7. The Labute approximate surface area is 160 Å². The molecule has 0 N–H and O–H groups in total. The first kappa shape index (κ1) is 21.8. The first-order chi connectivity index (χ1) is 11.7. The van der Waals surface area contributed by atoms with E-state index < -0.39 is 5.60 Å². The van der Waals surface area contributed by atoms with Gasteiger partial charge in [-0.15, -0.1) is 0 Å². The Bertz CT molecular complexity index is 543. The number of carbonyl (C=O) groups excluding carboxylic acids is 2. The zero-order valence-corrected chi connectivity index (χ0v) is 16.7. The van der Waals surface area contributed by atoms with Crippen molar-refractivity contribution in [1.29, 1.82) is 0 Å². The lowest BCUT2D eigenvalue weighted by Gasteiger charge is -2.19. The van der Waals surface area contributed by atoms with Crippen LogP contribution in [0.3, 0.4) is 0 Å². The van der Waals surface area contributed by atoms with Crippen molar-refractivity contribution in [3.05, 3.63) is 34.3 Å². The van der Waals surface area contributed by atoms with Crippen molar-refractivity contribution in [2.75, 3.05) is 13.1 Å². The maximum Gasteiger partial charge on any atom is 0.306 e. The largest absolute Gasteiger partial charge is 0.460 e. The zero-order chi connectivity index (χ0) is 18.9. The quantitative estimate of drug-likeness (QED) is 0.673. The van der Waals surface area contributed by atoms with Crippen LogP contribution < -0.4 is 0 Å². The zero-order valence-electron chi connectivity index (χ0n) is 15.2. The second-order valence-corrected chi connectivity index (χ2v) is 7.76. The van der Waals surface area contributed by atoms with E-state index in [1.807, 2.05) is 37.8 Å². The number of hydrogen-bond donors (Lipinski definition) is 0. The van der Waals surface area contributed by atoms with Gasteiger partial charge in [0.2, 0.25) is 5.91 Å². The van der Waals surface area contributed by atoms with E-state index in [0.717, 1.165) is 25.9 Å². The van der Waals surface area contributed by atoms with Gasteiger partial charge in [-0.1, -0.05) is 35.3 Å². The number of carbonyl (C=O) groups is 2. The maximum absolute atomic E-state index is 11.7. The van der Waals surface area contributed by atoms with Crippen molar-refractivity contribution < 1.29 is 14.3 Å². The Morgan fingerprint density at radius 2 is 1.56 bits per heavy atom. The molecule has 1 amide bonds. The molecule has 0 unspecified atom stereocenters. The van der Waals surface area contributed by atoms with Gasteiger partial charge in [-0.25, -0.2) is 0 Å². The molecule has 0 aliphatic carbocycles. The van der Waals surface area contributed by atoms with Gasteiger partial charge in [-0.2, -0.15) is 0 Å². The third-order valence-corrected chi connectivity index (χ3v) is 4.23. The fraction of sp³-hybridized carbons (Fsp3) is 0.579. The minimum Gasteiger partial charge on any atom is -0.460 e. The number of esters is 1.